The van der Waals surface area contributed by atoms with Crippen molar-refractivity contribution in [3.63, 3.8) is 0 Å². The van der Waals surface area contributed by atoms with Crippen LogP contribution in [0.25, 0.3) is 0 Å². The average molecular weight is 247 g/mol. The second-order valence-corrected chi connectivity index (χ2v) is 6.27. The van der Waals surface area contributed by atoms with Crippen molar-refractivity contribution in [1.29, 1.82) is 0 Å². The fourth-order valence-electron chi connectivity index (χ4n) is 1.69. The molecule has 0 bridgehead atoms. The highest BCUT2D eigenvalue weighted by atomic mass is 32.2. The second-order valence-electron chi connectivity index (χ2n) is 4.57. The van der Waals surface area contributed by atoms with Crippen molar-refractivity contribution in [2.75, 3.05) is 31.1 Å². The molecule has 1 aliphatic rings. The van der Waals surface area contributed by atoms with E-state index in [1.165, 1.54) is 0 Å². The molecule has 0 aromatic heterocycles. The number of rotatable bonds is 5. The zero-order valence-electron chi connectivity index (χ0n) is 9.78. The molecule has 0 aromatic carbocycles. The molecule has 1 atom stereocenters. The van der Waals surface area contributed by atoms with Gasteiger partial charge in [0, 0.05) is 35.4 Å². The van der Waals surface area contributed by atoms with Gasteiger partial charge >= 0.3 is 0 Å². The summed E-state index contributed by atoms with van der Waals surface area (Å²) < 4.78 is 11.1. The number of nitrogens with zero attached hydrogens (tertiary/aromatic N) is 1. The molecule has 4 N–H and O–H groups in total. The third kappa shape index (κ3) is 4.19. The van der Waals surface area contributed by atoms with Crippen molar-refractivity contribution in [3.05, 3.63) is 0 Å². The van der Waals surface area contributed by atoms with E-state index in [0.29, 0.717) is 6.42 Å². The summed E-state index contributed by atoms with van der Waals surface area (Å²) >= 11 is 0. The fraction of sp³-hybridized carbons (Fsp3) is 0.900. The van der Waals surface area contributed by atoms with E-state index < -0.39 is 22.2 Å². The Kier molecular flexibility index (Phi) is 4.89. The minimum absolute atomic E-state index is 0.452. The maximum atomic E-state index is 11.1. The van der Waals surface area contributed by atoms with Crippen LogP contribution in [0.1, 0.15) is 19.8 Å². The average Bonchev–Trinajstić information content (AvgIpc) is 2.20. The lowest BCUT2D eigenvalue weighted by molar-refractivity contribution is -0.122. The second kappa shape index (κ2) is 5.75. The molecular weight excluding hydrogens is 226 g/mol. The van der Waals surface area contributed by atoms with Crippen LogP contribution in [0.2, 0.25) is 0 Å². The molecule has 6 heteroatoms. The largest absolute Gasteiger partial charge is 0.368 e. The summed E-state index contributed by atoms with van der Waals surface area (Å²) in [5.41, 5.74) is 10.0. The first-order chi connectivity index (χ1) is 7.42. The monoisotopic (exact) mass is 247 g/mol. The molecule has 5 nitrogen and oxygen atoms in total. The van der Waals surface area contributed by atoms with Crippen LogP contribution in [0.15, 0.2) is 0 Å². The number of hydrogen-bond acceptors (Lipinski definition) is 4. The Morgan fingerprint density at radius 3 is 2.50 bits per heavy atom. The van der Waals surface area contributed by atoms with Gasteiger partial charge in [-0.15, -0.1) is 0 Å². The molecular formula is C10H21N3O2S. The lowest BCUT2D eigenvalue weighted by Gasteiger charge is -2.27. The molecule has 0 spiro atoms. The van der Waals surface area contributed by atoms with Crippen LogP contribution in [0, 0.1) is 0 Å². The maximum absolute atomic E-state index is 11.1. The molecule has 0 aromatic rings. The minimum atomic E-state index is -0.904. The minimum Gasteiger partial charge on any atom is -0.368 e. The Balaban J connectivity index is 2.21. The van der Waals surface area contributed by atoms with Gasteiger partial charge in [-0.2, -0.15) is 0 Å². The first kappa shape index (κ1) is 13.6. The standard InChI is InChI=1S/C10H21N3O2S/c1-10(12,9(11)14)3-2-4-13-5-7-16(15)8-6-13/h2-8,12H2,1H3,(H2,11,14). The number of nitrogens with two attached hydrogens (primary N) is 2. The van der Waals surface area contributed by atoms with Crippen molar-refractivity contribution >= 4 is 16.7 Å². The van der Waals surface area contributed by atoms with Gasteiger partial charge in [0.1, 0.15) is 0 Å². The molecule has 1 rings (SSSR count). The summed E-state index contributed by atoms with van der Waals surface area (Å²) in [5.74, 6) is 1.07. The summed E-state index contributed by atoms with van der Waals surface area (Å²) in [6.45, 7) is 4.33. The van der Waals surface area contributed by atoms with Crippen molar-refractivity contribution in [1.82, 2.24) is 4.90 Å². The summed E-state index contributed by atoms with van der Waals surface area (Å²) in [7, 11) is -0.631. The molecule has 1 fully saturated rings. The Morgan fingerprint density at radius 2 is 2.00 bits per heavy atom. The smallest absolute Gasteiger partial charge is 0.237 e. The molecule has 0 aliphatic carbocycles. The molecule has 1 unspecified atom stereocenters. The van der Waals surface area contributed by atoms with Crippen LogP contribution in [0.3, 0.4) is 0 Å². The highest BCUT2D eigenvalue weighted by Gasteiger charge is 2.25. The van der Waals surface area contributed by atoms with Gasteiger partial charge in [0.2, 0.25) is 5.91 Å². The Labute approximate surface area is 99.0 Å². The van der Waals surface area contributed by atoms with Crippen molar-refractivity contribution < 1.29 is 9.00 Å². The van der Waals surface area contributed by atoms with Gasteiger partial charge in [0.05, 0.1) is 5.54 Å². The van der Waals surface area contributed by atoms with Gasteiger partial charge in [-0.05, 0) is 26.3 Å². The molecule has 1 amide bonds. The van der Waals surface area contributed by atoms with Gasteiger partial charge in [0.15, 0.2) is 0 Å². The van der Waals surface area contributed by atoms with Gasteiger partial charge in [-0.3, -0.25) is 9.00 Å². The van der Waals surface area contributed by atoms with Crippen molar-refractivity contribution in [2.45, 2.75) is 25.3 Å². The summed E-state index contributed by atoms with van der Waals surface area (Å²) in [6, 6.07) is 0. The Morgan fingerprint density at radius 1 is 1.44 bits per heavy atom. The van der Waals surface area contributed by atoms with Crippen LogP contribution in [0.5, 0.6) is 0 Å². The predicted molar refractivity (Wildman–Crippen MR) is 65.3 cm³/mol. The number of carbonyl (C=O) groups excluding carboxylic acids is 1. The molecule has 0 radical (unpaired) electrons. The number of hydrogen-bond donors (Lipinski definition) is 2. The van der Waals surface area contributed by atoms with Gasteiger partial charge in [0.25, 0.3) is 0 Å². The van der Waals surface area contributed by atoms with Gasteiger partial charge in [-0.25, -0.2) is 0 Å². The normalized spacial score (nSPS) is 22.9. The molecule has 16 heavy (non-hydrogen) atoms. The first-order valence-electron chi connectivity index (χ1n) is 5.58. The van der Waals surface area contributed by atoms with Crippen LogP contribution in [0.4, 0.5) is 0 Å². The van der Waals surface area contributed by atoms with Crippen LogP contribution < -0.4 is 11.5 Å². The Bertz CT molecular complexity index is 271. The van der Waals surface area contributed by atoms with E-state index in [-0.39, 0.29) is 0 Å². The van der Waals surface area contributed by atoms with E-state index in [9.17, 15) is 9.00 Å². The SMILES string of the molecule is CC(N)(CCCN1CCS(=O)CC1)C(N)=O. The zero-order chi connectivity index (χ0) is 12.2. The van der Waals surface area contributed by atoms with Crippen molar-refractivity contribution in [2.24, 2.45) is 11.5 Å². The predicted octanol–water partition coefficient (Wildman–Crippen LogP) is -0.966. The highest BCUT2D eigenvalue weighted by molar-refractivity contribution is 7.85. The van der Waals surface area contributed by atoms with Crippen LogP contribution in [-0.2, 0) is 15.6 Å². The first-order valence-corrected chi connectivity index (χ1v) is 7.07. The number of amides is 1. The van der Waals surface area contributed by atoms with E-state index >= 15 is 0 Å². The van der Waals surface area contributed by atoms with Crippen molar-refractivity contribution in [3.8, 4) is 0 Å². The summed E-state index contributed by atoms with van der Waals surface area (Å²) in [5, 5.41) is 0. The van der Waals surface area contributed by atoms with Crippen LogP contribution >= 0.6 is 0 Å². The third-order valence-electron chi connectivity index (χ3n) is 3.00. The summed E-state index contributed by atoms with van der Waals surface area (Å²) in [6.07, 6.45) is 1.45. The maximum Gasteiger partial charge on any atom is 0.237 e. The van der Waals surface area contributed by atoms with E-state index in [2.05, 4.69) is 4.90 Å². The van der Waals surface area contributed by atoms with E-state index in [1.807, 2.05) is 0 Å². The van der Waals surface area contributed by atoms with Crippen LogP contribution in [-0.4, -0.2) is 51.7 Å². The molecule has 1 saturated heterocycles. The number of primary amides is 1. The lowest BCUT2D eigenvalue weighted by atomic mass is 9.96. The van der Waals surface area contributed by atoms with Gasteiger partial charge < -0.3 is 16.4 Å². The summed E-state index contributed by atoms with van der Waals surface area (Å²) in [4.78, 5) is 13.3. The molecule has 0 saturated carbocycles. The molecule has 1 heterocycles. The van der Waals surface area contributed by atoms with E-state index in [1.54, 1.807) is 6.92 Å². The van der Waals surface area contributed by atoms with E-state index in [0.717, 1.165) is 37.6 Å². The van der Waals surface area contributed by atoms with E-state index in [4.69, 9.17) is 11.5 Å². The zero-order valence-corrected chi connectivity index (χ0v) is 10.6. The fourth-order valence-corrected chi connectivity index (χ4v) is 2.82. The molecule has 1 aliphatic heterocycles. The topological polar surface area (TPSA) is 89.4 Å². The van der Waals surface area contributed by atoms with Gasteiger partial charge in [-0.1, -0.05) is 0 Å². The lowest BCUT2D eigenvalue weighted by Crippen LogP contribution is -2.49. The third-order valence-corrected chi connectivity index (χ3v) is 4.28. The highest BCUT2D eigenvalue weighted by Crippen LogP contribution is 2.10. The number of carbonyl (C=O) groups is 1. The Hall–Kier alpha value is -0.460. The molecule has 94 valence electrons. The quantitative estimate of drug-likeness (QED) is 0.654.